The summed E-state index contributed by atoms with van der Waals surface area (Å²) in [5.41, 5.74) is 1.34. The predicted octanol–water partition coefficient (Wildman–Crippen LogP) is 2.68. The van der Waals surface area contributed by atoms with E-state index in [1.54, 1.807) is 7.11 Å². The molecule has 0 aliphatic carbocycles. The van der Waals surface area contributed by atoms with Gasteiger partial charge in [0.25, 0.3) is 5.69 Å². The van der Waals surface area contributed by atoms with E-state index < -0.39 is 4.92 Å². The minimum absolute atomic E-state index is 0.100. The molecule has 0 unspecified atom stereocenters. The Morgan fingerprint density at radius 2 is 1.85 bits per heavy atom. The van der Waals surface area contributed by atoms with Crippen molar-refractivity contribution in [1.82, 2.24) is 4.90 Å². The van der Waals surface area contributed by atoms with Crippen molar-refractivity contribution in [1.29, 1.82) is 0 Å². The molecule has 0 aromatic heterocycles. The van der Waals surface area contributed by atoms with Crippen LogP contribution in [-0.2, 0) is 11.3 Å². The van der Waals surface area contributed by atoms with Crippen LogP contribution in [0.15, 0.2) is 42.5 Å². The summed E-state index contributed by atoms with van der Waals surface area (Å²) in [6.07, 6.45) is 0. The van der Waals surface area contributed by atoms with Gasteiger partial charge in [0.2, 0.25) is 5.91 Å². The van der Waals surface area contributed by atoms with Gasteiger partial charge in [-0.3, -0.25) is 19.8 Å². The minimum Gasteiger partial charge on any atom is -0.497 e. The van der Waals surface area contributed by atoms with Gasteiger partial charge < -0.3 is 14.8 Å². The minimum atomic E-state index is -0.517. The molecule has 1 N–H and O–H groups in total. The van der Waals surface area contributed by atoms with Crippen LogP contribution in [0.1, 0.15) is 5.56 Å². The largest absolute Gasteiger partial charge is 0.497 e. The van der Waals surface area contributed by atoms with Crippen LogP contribution in [0, 0.1) is 10.1 Å². The Morgan fingerprint density at radius 3 is 2.42 bits per heavy atom. The summed E-state index contributed by atoms with van der Waals surface area (Å²) in [5, 5.41) is 13.5. The summed E-state index contributed by atoms with van der Waals surface area (Å²) in [5.74, 6) is 0.776. The number of carbonyl (C=O) groups is 1. The van der Waals surface area contributed by atoms with Crippen molar-refractivity contribution < 1.29 is 19.2 Å². The van der Waals surface area contributed by atoms with E-state index in [-0.39, 0.29) is 23.9 Å². The maximum absolute atomic E-state index is 12.2. The fourth-order valence-electron chi connectivity index (χ4n) is 2.43. The summed E-state index contributed by atoms with van der Waals surface area (Å²) < 4.78 is 10.2. The van der Waals surface area contributed by atoms with E-state index in [1.165, 1.54) is 25.3 Å². The topological polar surface area (TPSA) is 93.9 Å². The third-order valence-electron chi connectivity index (χ3n) is 3.70. The van der Waals surface area contributed by atoms with Gasteiger partial charge in [-0.2, -0.15) is 0 Å². The van der Waals surface area contributed by atoms with Crippen molar-refractivity contribution in [2.45, 2.75) is 6.54 Å². The first kappa shape index (κ1) is 19.2. The monoisotopic (exact) mass is 359 g/mol. The van der Waals surface area contributed by atoms with Crippen LogP contribution in [0.2, 0.25) is 0 Å². The van der Waals surface area contributed by atoms with Gasteiger partial charge in [-0.05, 0) is 30.8 Å². The molecule has 26 heavy (non-hydrogen) atoms. The van der Waals surface area contributed by atoms with Gasteiger partial charge >= 0.3 is 0 Å². The number of ether oxygens (including phenoxy) is 2. The van der Waals surface area contributed by atoms with E-state index in [9.17, 15) is 14.9 Å². The van der Waals surface area contributed by atoms with Crippen LogP contribution in [0.4, 0.5) is 11.4 Å². The smallest absolute Gasteiger partial charge is 0.273 e. The van der Waals surface area contributed by atoms with Crippen molar-refractivity contribution in [3.05, 3.63) is 58.1 Å². The number of anilines is 1. The summed E-state index contributed by atoms with van der Waals surface area (Å²) >= 11 is 0. The van der Waals surface area contributed by atoms with Crippen LogP contribution in [0.5, 0.6) is 11.5 Å². The highest BCUT2D eigenvalue weighted by Gasteiger charge is 2.14. The average Bonchev–Trinajstić information content (AvgIpc) is 2.62. The lowest BCUT2D eigenvalue weighted by molar-refractivity contribution is -0.384. The van der Waals surface area contributed by atoms with E-state index in [0.717, 1.165) is 11.3 Å². The van der Waals surface area contributed by atoms with Crippen molar-refractivity contribution in [3.63, 3.8) is 0 Å². The van der Waals surface area contributed by atoms with Crippen LogP contribution in [0.3, 0.4) is 0 Å². The number of carbonyl (C=O) groups excluding carboxylic acids is 1. The van der Waals surface area contributed by atoms with Crippen molar-refractivity contribution in [2.24, 2.45) is 0 Å². The average molecular weight is 359 g/mol. The maximum Gasteiger partial charge on any atom is 0.273 e. The lowest BCUT2D eigenvalue weighted by atomic mass is 10.2. The van der Waals surface area contributed by atoms with Gasteiger partial charge in [0.15, 0.2) is 0 Å². The first-order valence-corrected chi connectivity index (χ1v) is 7.86. The zero-order valence-electron chi connectivity index (χ0n) is 14.9. The second-order valence-electron chi connectivity index (χ2n) is 5.71. The number of methoxy groups -OCH3 is 2. The van der Waals surface area contributed by atoms with E-state index >= 15 is 0 Å². The fraction of sp³-hybridized carbons (Fsp3) is 0.278. The fourth-order valence-corrected chi connectivity index (χ4v) is 2.43. The van der Waals surface area contributed by atoms with Gasteiger partial charge in [0.1, 0.15) is 11.5 Å². The molecule has 0 aliphatic rings. The molecule has 138 valence electrons. The van der Waals surface area contributed by atoms with Crippen LogP contribution >= 0.6 is 0 Å². The predicted molar refractivity (Wildman–Crippen MR) is 97.6 cm³/mol. The number of hydrogen-bond acceptors (Lipinski definition) is 6. The van der Waals surface area contributed by atoms with E-state index in [4.69, 9.17) is 9.47 Å². The number of nitro groups is 1. The molecule has 0 bridgehead atoms. The highest BCUT2D eigenvalue weighted by Crippen LogP contribution is 2.28. The third kappa shape index (κ3) is 5.18. The number of benzene rings is 2. The maximum atomic E-state index is 12.2. The zero-order valence-corrected chi connectivity index (χ0v) is 14.9. The van der Waals surface area contributed by atoms with Crippen LogP contribution < -0.4 is 14.8 Å². The lowest BCUT2D eigenvalue weighted by Crippen LogP contribution is -2.29. The van der Waals surface area contributed by atoms with Crippen LogP contribution in [-0.4, -0.2) is 43.5 Å². The summed E-state index contributed by atoms with van der Waals surface area (Å²) in [6, 6.07) is 11.7. The van der Waals surface area contributed by atoms with Gasteiger partial charge in [-0.15, -0.1) is 0 Å². The molecular formula is C18H21N3O5. The molecular weight excluding hydrogens is 338 g/mol. The van der Waals surface area contributed by atoms with Gasteiger partial charge in [0, 0.05) is 12.6 Å². The lowest BCUT2D eigenvalue weighted by Gasteiger charge is -2.17. The highest BCUT2D eigenvalue weighted by molar-refractivity contribution is 5.93. The number of nitro benzene ring substituents is 1. The molecule has 0 fully saturated rings. The Kier molecular flexibility index (Phi) is 6.51. The molecule has 0 saturated heterocycles. The van der Waals surface area contributed by atoms with Crippen LogP contribution in [0.25, 0.3) is 0 Å². The molecule has 0 aliphatic heterocycles. The molecule has 0 atom stereocenters. The summed E-state index contributed by atoms with van der Waals surface area (Å²) in [7, 11) is 4.83. The molecule has 2 aromatic carbocycles. The normalized spacial score (nSPS) is 10.5. The summed E-state index contributed by atoms with van der Waals surface area (Å²) in [6.45, 7) is 0.751. The summed E-state index contributed by atoms with van der Waals surface area (Å²) in [4.78, 5) is 24.4. The van der Waals surface area contributed by atoms with E-state index in [1.807, 2.05) is 36.2 Å². The number of amides is 1. The number of nitrogens with one attached hydrogen (secondary N) is 1. The first-order chi connectivity index (χ1) is 12.4. The number of rotatable bonds is 8. The highest BCUT2D eigenvalue weighted by atomic mass is 16.6. The van der Waals surface area contributed by atoms with Gasteiger partial charge in [-0.25, -0.2) is 0 Å². The Morgan fingerprint density at radius 1 is 1.15 bits per heavy atom. The molecule has 2 rings (SSSR count). The Hall–Kier alpha value is -3.13. The van der Waals surface area contributed by atoms with Gasteiger partial charge in [-0.1, -0.05) is 12.1 Å². The molecule has 0 spiro atoms. The second kappa shape index (κ2) is 8.82. The standard InChI is InChI=1S/C18H21N3O5/c1-20(11-13-4-7-15(25-2)8-5-13)12-18(22)19-16-9-6-14(21(23)24)10-17(16)26-3/h4-10H,11-12H2,1-3H3,(H,19,22). The SMILES string of the molecule is COc1ccc(CN(C)CC(=O)Nc2ccc([N+](=O)[O-])cc2OC)cc1. The van der Waals surface area contributed by atoms with Gasteiger partial charge in [0.05, 0.1) is 37.4 Å². The quantitative estimate of drug-likeness (QED) is 0.575. The third-order valence-corrected chi connectivity index (χ3v) is 3.70. The Labute approximate surface area is 151 Å². The first-order valence-electron chi connectivity index (χ1n) is 7.86. The molecule has 8 heteroatoms. The molecule has 0 saturated carbocycles. The molecule has 8 nitrogen and oxygen atoms in total. The Bertz CT molecular complexity index is 777. The second-order valence-corrected chi connectivity index (χ2v) is 5.71. The number of likely N-dealkylation sites (N-methyl/N-ethyl adjacent to an activating group) is 1. The zero-order chi connectivity index (χ0) is 19.1. The number of non-ortho nitro benzene ring substituents is 1. The van der Waals surface area contributed by atoms with E-state index in [0.29, 0.717) is 12.2 Å². The van der Waals surface area contributed by atoms with E-state index in [2.05, 4.69) is 5.32 Å². The molecule has 2 aromatic rings. The Balaban J connectivity index is 1.95. The number of nitrogens with zero attached hydrogens (tertiary/aromatic N) is 2. The van der Waals surface area contributed by atoms with Crippen molar-refractivity contribution >= 4 is 17.3 Å². The molecule has 0 heterocycles. The number of hydrogen-bond donors (Lipinski definition) is 1. The van der Waals surface area contributed by atoms with Crippen molar-refractivity contribution in [3.8, 4) is 11.5 Å². The van der Waals surface area contributed by atoms with Crippen molar-refractivity contribution in [2.75, 3.05) is 33.1 Å². The molecule has 0 radical (unpaired) electrons. The molecule has 1 amide bonds.